The van der Waals surface area contributed by atoms with Crippen molar-refractivity contribution in [2.24, 2.45) is 11.3 Å². The lowest BCUT2D eigenvalue weighted by Gasteiger charge is -2.21. The molecule has 0 heterocycles. The van der Waals surface area contributed by atoms with E-state index in [1.807, 2.05) is 0 Å². The Hall–Kier alpha value is 0. The summed E-state index contributed by atoms with van der Waals surface area (Å²) >= 11 is 0. The van der Waals surface area contributed by atoms with Gasteiger partial charge in [-0.15, -0.1) is 0 Å². The second-order valence-corrected chi connectivity index (χ2v) is 7.72. The van der Waals surface area contributed by atoms with Crippen molar-refractivity contribution in [1.29, 1.82) is 0 Å². The molecule has 18 heavy (non-hydrogen) atoms. The van der Waals surface area contributed by atoms with Gasteiger partial charge in [-0.3, -0.25) is 0 Å². The van der Waals surface area contributed by atoms with E-state index >= 15 is 0 Å². The molecule has 108 valence electrons. The van der Waals surface area contributed by atoms with E-state index in [0.717, 1.165) is 5.92 Å². The third kappa shape index (κ3) is 9.00. The summed E-state index contributed by atoms with van der Waals surface area (Å²) in [5.41, 5.74) is 0.535. The molecule has 1 fully saturated rings. The van der Waals surface area contributed by atoms with Gasteiger partial charge in [0, 0.05) is 0 Å². The van der Waals surface area contributed by atoms with Crippen LogP contribution in [0.2, 0.25) is 0 Å². The van der Waals surface area contributed by atoms with E-state index in [9.17, 15) is 0 Å². The van der Waals surface area contributed by atoms with E-state index in [0.29, 0.717) is 5.41 Å². The summed E-state index contributed by atoms with van der Waals surface area (Å²) in [6.07, 6.45) is 19.4. The highest BCUT2D eigenvalue weighted by Crippen LogP contribution is 2.28. The van der Waals surface area contributed by atoms with E-state index < -0.39 is 0 Å². The van der Waals surface area contributed by atoms with Gasteiger partial charge in [-0.1, -0.05) is 97.8 Å². The maximum absolute atomic E-state index is 2.38. The second kappa shape index (κ2) is 8.99. The molecule has 0 N–H and O–H groups in total. The summed E-state index contributed by atoms with van der Waals surface area (Å²) in [6.45, 7) is 7.14. The zero-order valence-corrected chi connectivity index (χ0v) is 13.3. The number of hydrogen-bond donors (Lipinski definition) is 0. The van der Waals surface area contributed by atoms with Gasteiger partial charge in [0.15, 0.2) is 0 Å². The van der Waals surface area contributed by atoms with Gasteiger partial charge in [0.1, 0.15) is 0 Å². The fourth-order valence-corrected chi connectivity index (χ4v) is 3.28. The van der Waals surface area contributed by atoms with Crippen LogP contribution in [0.1, 0.15) is 104 Å². The highest BCUT2D eigenvalue weighted by molar-refractivity contribution is 4.66. The Balaban J connectivity index is 2.21. The lowest BCUT2D eigenvalue weighted by Crippen LogP contribution is -2.07. The summed E-state index contributed by atoms with van der Waals surface area (Å²) in [4.78, 5) is 0. The van der Waals surface area contributed by atoms with E-state index in [1.54, 1.807) is 0 Å². The Bertz CT molecular complexity index is 175. The van der Waals surface area contributed by atoms with Gasteiger partial charge in [-0.25, -0.2) is 0 Å². The van der Waals surface area contributed by atoms with Gasteiger partial charge < -0.3 is 0 Å². The van der Waals surface area contributed by atoms with Crippen molar-refractivity contribution >= 4 is 0 Å². The standard InChI is InChI=1S/C18H36/c1-18(2,3)16-12-15-17-13-10-8-6-4-5-7-9-11-14-17/h17H,4-16H2,1-3H3. The van der Waals surface area contributed by atoms with Gasteiger partial charge in [-0.05, 0) is 17.8 Å². The van der Waals surface area contributed by atoms with E-state index in [4.69, 9.17) is 0 Å². The van der Waals surface area contributed by atoms with Crippen LogP contribution in [0.3, 0.4) is 0 Å². The highest BCUT2D eigenvalue weighted by atomic mass is 14.2. The van der Waals surface area contributed by atoms with Gasteiger partial charge in [0.2, 0.25) is 0 Å². The molecule has 0 spiro atoms. The maximum atomic E-state index is 2.38. The Morgan fingerprint density at radius 2 is 1.17 bits per heavy atom. The molecule has 0 amide bonds. The average Bonchev–Trinajstić information content (AvgIpc) is 2.33. The molecule has 0 radical (unpaired) electrons. The SMILES string of the molecule is CC(C)(C)CCCC1CCCCCCCCCC1. The Labute approximate surface area is 116 Å². The third-order valence-corrected chi connectivity index (χ3v) is 4.51. The lowest BCUT2D eigenvalue weighted by molar-refractivity contribution is 0.316. The minimum absolute atomic E-state index is 0.535. The normalized spacial score (nSPS) is 21.5. The van der Waals surface area contributed by atoms with Crippen LogP contribution in [0.15, 0.2) is 0 Å². The van der Waals surface area contributed by atoms with Crippen molar-refractivity contribution in [3.05, 3.63) is 0 Å². The van der Waals surface area contributed by atoms with E-state index in [-0.39, 0.29) is 0 Å². The second-order valence-electron chi connectivity index (χ2n) is 7.72. The molecular weight excluding hydrogens is 216 g/mol. The minimum Gasteiger partial charge on any atom is -0.0602 e. The quantitative estimate of drug-likeness (QED) is 0.522. The first kappa shape index (κ1) is 16.1. The molecule has 0 bridgehead atoms. The van der Waals surface area contributed by atoms with Crippen molar-refractivity contribution in [1.82, 2.24) is 0 Å². The average molecular weight is 252 g/mol. The van der Waals surface area contributed by atoms with Crippen LogP contribution in [0.4, 0.5) is 0 Å². The van der Waals surface area contributed by atoms with Crippen molar-refractivity contribution in [2.45, 2.75) is 104 Å². The summed E-state index contributed by atoms with van der Waals surface area (Å²) in [6, 6.07) is 0. The molecule has 1 aliphatic rings. The first-order valence-corrected chi connectivity index (χ1v) is 8.58. The first-order chi connectivity index (χ1) is 8.58. The van der Waals surface area contributed by atoms with Crippen molar-refractivity contribution in [3.63, 3.8) is 0 Å². The molecule has 0 aromatic carbocycles. The minimum atomic E-state index is 0.535. The topological polar surface area (TPSA) is 0 Å². The van der Waals surface area contributed by atoms with Gasteiger partial charge in [0.25, 0.3) is 0 Å². The van der Waals surface area contributed by atoms with Crippen LogP contribution in [-0.2, 0) is 0 Å². The van der Waals surface area contributed by atoms with E-state index in [1.165, 1.54) is 83.5 Å². The highest BCUT2D eigenvalue weighted by Gasteiger charge is 2.13. The van der Waals surface area contributed by atoms with Crippen LogP contribution in [0.25, 0.3) is 0 Å². The lowest BCUT2D eigenvalue weighted by atomic mass is 9.85. The molecule has 1 rings (SSSR count). The van der Waals surface area contributed by atoms with Gasteiger partial charge in [0.05, 0.1) is 0 Å². The zero-order valence-electron chi connectivity index (χ0n) is 13.3. The Kier molecular flexibility index (Phi) is 8.02. The molecule has 0 unspecified atom stereocenters. The summed E-state index contributed by atoms with van der Waals surface area (Å²) in [5, 5.41) is 0. The molecule has 0 aliphatic heterocycles. The molecule has 1 aliphatic carbocycles. The molecule has 1 saturated carbocycles. The number of rotatable bonds is 3. The molecule has 0 aromatic rings. The van der Waals surface area contributed by atoms with Crippen molar-refractivity contribution in [3.8, 4) is 0 Å². The summed E-state index contributed by atoms with van der Waals surface area (Å²) < 4.78 is 0. The maximum Gasteiger partial charge on any atom is -0.0383 e. The summed E-state index contributed by atoms with van der Waals surface area (Å²) in [5.74, 6) is 1.05. The molecule has 0 heteroatoms. The largest absolute Gasteiger partial charge is 0.0602 e. The third-order valence-electron chi connectivity index (χ3n) is 4.51. The molecule has 0 atom stereocenters. The number of hydrogen-bond acceptors (Lipinski definition) is 0. The molecular formula is C18H36. The molecule has 0 saturated heterocycles. The Morgan fingerprint density at radius 3 is 1.61 bits per heavy atom. The smallest absolute Gasteiger partial charge is 0.0383 e. The fraction of sp³-hybridized carbons (Fsp3) is 1.00. The van der Waals surface area contributed by atoms with Crippen LogP contribution in [-0.4, -0.2) is 0 Å². The van der Waals surface area contributed by atoms with Crippen LogP contribution in [0, 0.1) is 11.3 Å². The molecule has 0 nitrogen and oxygen atoms in total. The van der Waals surface area contributed by atoms with E-state index in [2.05, 4.69) is 20.8 Å². The predicted octanol–water partition coefficient (Wildman–Crippen LogP) is 6.73. The van der Waals surface area contributed by atoms with Gasteiger partial charge >= 0.3 is 0 Å². The van der Waals surface area contributed by atoms with Crippen molar-refractivity contribution in [2.75, 3.05) is 0 Å². The van der Waals surface area contributed by atoms with Crippen LogP contribution >= 0.6 is 0 Å². The van der Waals surface area contributed by atoms with Crippen LogP contribution in [0.5, 0.6) is 0 Å². The monoisotopic (exact) mass is 252 g/mol. The summed E-state index contributed by atoms with van der Waals surface area (Å²) in [7, 11) is 0. The predicted molar refractivity (Wildman–Crippen MR) is 83.0 cm³/mol. The Morgan fingerprint density at radius 1 is 0.722 bits per heavy atom. The van der Waals surface area contributed by atoms with Crippen LogP contribution < -0.4 is 0 Å². The molecule has 0 aromatic heterocycles. The fourth-order valence-electron chi connectivity index (χ4n) is 3.28. The van der Waals surface area contributed by atoms with Crippen molar-refractivity contribution < 1.29 is 0 Å². The zero-order chi connectivity index (χ0) is 13.3. The first-order valence-electron chi connectivity index (χ1n) is 8.58. The van der Waals surface area contributed by atoms with Gasteiger partial charge in [-0.2, -0.15) is 0 Å².